The molecule has 1 aliphatic carbocycles. The van der Waals surface area contributed by atoms with Crippen LogP contribution in [-0.2, 0) is 20.6 Å². The van der Waals surface area contributed by atoms with Gasteiger partial charge in [-0.25, -0.2) is 9.18 Å². The number of hydrogen-bond acceptors (Lipinski definition) is 7. The second kappa shape index (κ2) is 16.0. The Kier molecular flexibility index (Phi) is 12.4. The first kappa shape index (κ1) is 34.1. The largest absolute Gasteiger partial charge is 0.444 e. The minimum atomic E-state index is -0.603. The molecule has 9 heteroatoms. The topological polar surface area (TPSA) is 94.2 Å². The number of piperidine rings is 1. The van der Waals surface area contributed by atoms with Crippen molar-refractivity contribution in [3.8, 4) is 0 Å². The maximum atomic E-state index is 15.0. The standard InChI is InChI=1S/C35H51FN2O6/c1-35(2,3)44-34(41)37-22-25(20-24-12-6-5-7-13-24)21-28-30(32(40)31(28)39)38-17-10-14-26(23-38)33(43-19-11-18-42-4)27-15-8-9-16-29(27)36/h8-9,15-16,24-26,33H,5-7,10-14,17-23H2,1-4H3,(H,37,41)/t25-,26?,33?/m1/s1. The summed E-state index contributed by atoms with van der Waals surface area (Å²) in [6.07, 6.45) is 8.67. The number of methoxy groups -OCH3 is 1. The van der Waals surface area contributed by atoms with E-state index in [0.717, 1.165) is 32.1 Å². The van der Waals surface area contributed by atoms with Crippen molar-refractivity contribution in [1.82, 2.24) is 5.32 Å². The van der Waals surface area contributed by atoms with Crippen LogP contribution in [0.2, 0.25) is 0 Å². The van der Waals surface area contributed by atoms with E-state index in [-0.39, 0.29) is 17.7 Å². The van der Waals surface area contributed by atoms with Crippen molar-refractivity contribution in [2.75, 3.05) is 44.9 Å². The molecule has 2 aliphatic rings. The molecule has 0 radical (unpaired) electrons. The van der Waals surface area contributed by atoms with Gasteiger partial charge in [0.1, 0.15) is 11.4 Å². The fraction of sp³-hybridized carbons (Fsp3) is 0.686. The predicted octanol–water partition coefficient (Wildman–Crippen LogP) is 6.09. The lowest BCUT2D eigenvalue weighted by Crippen LogP contribution is -2.49. The van der Waals surface area contributed by atoms with Crippen LogP contribution in [0.4, 0.5) is 14.9 Å². The van der Waals surface area contributed by atoms with E-state index in [4.69, 9.17) is 14.2 Å². The Hall–Kier alpha value is -2.78. The van der Waals surface area contributed by atoms with Gasteiger partial charge in [-0.15, -0.1) is 0 Å². The van der Waals surface area contributed by atoms with Gasteiger partial charge in [0, 0.05) is 57.0 Å². The number of alkyl carbamates (subject to hydrolysis) is 1. The van der Waals surface area contributed by atoms with Gasteiger partial charge in [-0.1, -0.05) is 50.3 Å². The predicted molar refractivity (Wildman–Crippen MR) is 170 cm³/mol. The minimum Gasteiger partial charge on any atom is -0.444 e. The Morgan fingerprint density at radius 1 is 1.05 bits per heavy atom. The quantitative estimate of drug-likeness (QED) is 0.203. The number of anilines is 1. The molecule has 2 fully saturated rings. The van der Waals surface area contributed by atoms with Crippen LogP contribution in [0.1, 0.15) is 95.8 Å². The molecule has 4 rings (SSSR count). The lowest BCUT2D eigenvalue weighted by Gasteiger charge is -2.39. The molecule has 1 saturated heterocycles. The molecule has 2 aromatic carbocycles. The van der Waals surface area contributed by atoms with Crippen molar-refractivity contribution in [3.63, 3.8) is 0 Å². The molecule has 1 saturated carbocycles. The van der Waals surface area contributed by atoms with Crippen LogP contribution in [0.15, 0.2) is 33.9 Å². The first-order valence-corrected chi connectivity index (χ1v) is 16.5. The minimum absolute atomic E-state index is 0.0172. The molecule has 0 spiro atoms. The number of nitrogens with zero attached hydrogens (tertiary/aromatic N) is 1. The number of carbonyl (C=O) groups is 1. The maximum Gasteiger partial charge on any atom is 0.407 e. The third-order valence-corrected chi connectivity index (χ3v) is 9.00. The number of benzene rings is 1. The van der Waals surface area contributed by atoms with Crippen molar-refractivity contribution in [1.29, 1.82) is 0 Å². The van der Waals surface area contributed by atoms with E-state index in [1.165, 1.54) is 25.3 Å². The van der Waals surface area contributed by atoms with Gasteiger partial charge in [0.15, 0.2) is 0 Å². The molecule has 44 heavy (non-hydrogen) atoms. The lowest BCUT2D eigenvalue weighted by molar-refractivity contribution is -0.00436. The van der Waals surface area contributed by atoms with Crippen LogP contribution in [0, 0.1) is 23.6 Å². The fourth-order valence-electron chi connectivity index (χ4n) is 6.97. The average molecular weight is 615 g/mol. The third-order valence-electron chi connectivity index (χ3n) is 9.00. The summed E-state index contributed by atoms with van der Waals surface area (Å²) in [6.45, 7) is 8.02. The van der Waals surface area contributed by atoms with Gasteiger partial charge in [-0.3, -0.25) is 9.59 Å². The molecule has 0 bridgehead atoms. The summed E-state index contributed by atoms with van der Waals surface area (Å²) in [6, 6.07) is 6.71. The van der Waals surface area contributed by atoms with E-state index < -0.39 is 28.7 Å². The monoisotopic (exact) mass is 614 g/mol. The molecule has 0 aromatic heterocycles. The highest BCUT2D eigenvalue weighted by Crippen LogP contribution is 2.37. The Bertz CT molecular complexity index is 1280. The molecule has 8 nitrogen and oxygen atoms in total. The third kappa shape index (κ3) is 9.36. The van der Waals surface area contributed by atoms with Crippen LogP contribution in [0.3, 0.4) is 0 Å². The van der Waals surface area contributed by atoms with Gasteiger partial charge >= 0.3 is 6.09 Å². The summed E-state index contributed by atoms with van der Waals surface area (Å²) in [5.41, 5.74) is 0.106. The molecule has 2 unspecified atom stereocenters. The van der Waals surface area contributed by atoms with E-state index in [2.05, 4.69) is 5.32 Å². The summed E-state index contributed by atoms with van der Waals surface area (Å²) >= 11 is 0. The molecule has 2 aromatic rings. The Balaban J connectivity index is 1.51. The zero-order valence-corrected chi connectivity index (χ0v) is 27.0. The highest BCUT2D eigenvalue weighted by molar-refractivity contribution is 5.67. The second-order valence-electron chi connectivity index (χ2n) is 13.7. The molecule has 3 atom stereocenters. The van der Waals surface area contributed by atoms with E-state index >= 15 is 0 Å². The molecule has 244 valence electrons. The van der Waals surface area contributed by atoms with Crippen LogP contribution in [0.25, 0.3) is 0 Å². The summed E-state index contributed by atoms with van der Waals surface area (Å²) in [4.78, 5) is 40.6. The number of ether oxygens (including phenoxy) is 3. The maximum absolute atomic E-state index is 15.0. The van der Waals surface area contributed by atoms with Crippen molar-refractivity contribution >= 4 is 11.8 Å². The van der Waals surface area contributed by atoms with Crippen molar-refractivity contribution in [2.24, 2.45) is 17.8 Å². The first-order chi connectivity index (χ1) is 21.1. The van der Waals surface area contributed by atoms with Gasteiger partial charge in [0.2, 0.25) is 10.9 Å². The summed E-state index contributed by atoms with van der Waals surface area (Å²) in [5, 5.41) is 2.92. The second-order valence-corrected chi connectivity index (χ2v) is 13.7. The highest BCUT2D eigenvalue weighted by Gasteiger charge is 2.35. The van der Waals surface area contributed by atoms with Gasteiger partial charge in [-0.05, 0) is 70.8 Å². The number of amides is 1. The SMILES string of the molecule is COCCCOC(c1ccccc1F)C1CCCN(c2c(C[C@H](CNC(=O)OC(C)(C)C)CC3CCCCC3)c(=O)c2=O)C1. The molecule has 1 amide bonds. The zero-order valence-electron chi connectivity index (χ0n) is 27.0. The molecule has 1 N–H and O–H groups in total. The van der Waals surface area contributed by atoms with E-state index in [9.17, 15) is 18.8 Å². The van der Waals surface area contributed by atoms with Crippen LogP contribution >= 0.6 is 0 Å². The lowest BCUT2D eigenvalue weighted by atomic mass is 9.80. The Morgan fingerprint density at radius 2 is 1.80 bits per heavy atom. The number of nitrogens with one attached hydrogen (secondary N) is 1. The van der Waals surface area contributed by atoms with Crippen LogP contribution < -0.4 is 21.1 Å². The normalized spacial score (nSPS) is 19.6. The number of rotatable bonds is 14. The molecular weight excluding hydrogens is 563 g/mol. The smallest absolute Gasteiger partial charge is 0.407 e. The molecular formula is C35H51FN2O6. The van der Waals surface area contributed by atoms with Crippen molar-refractivity contribution < 1.29 is 23.4 Å². The fourth-order valence-corrected chi connectivity index (χ4v) is 6.97. The molecule has 1 aliphatic heterocycles. The van der Waals surface area contributed by atoms with Crippen LogP contribution in [-0.4, -0.2) is 51.7 Å². The first-order valence-electron chi connectivity index (χ1n) is 16.5. The number of hydrogen-bond donors (Lipinski definition) is 1. The van der Waals surface area contributed by atoms with Gasteiger partial charge in [0.05, 0.1) is 11.8 Å². The number of halogens is 1. The van der Waals surface area contributed by atoms with Crippen molar-refractivity contribution in [2.45, 2.75) is 96.7 Å². The van der Waals surface area contributed by atoms with E-state index in [1.807, 2.05) is 31.7 Å². The molecule has 1 heterocycles. The Labute approximate surface area is 261 Å². The van der Waals surface area contributed by atoms with Crippen molar-refractivity contribution in [3.05, 3.63) is 61.7 Å². The number of carbonyl (C=O) groups excluding carboxylic acids is 1. The zero-order chi connectivity index (χ0) is 31.7. The van der Waals surface area contributed by atoms with Gasteiger partial charge < -0.3 is 24.4 Å². The Morgan fingerprint density at radius 3 is 2.50 bits per heavy atom. The summed E-state index contributed by atoms with van der Waals surface area (Å²) in [5.74, 6) is 0.204. The summed E-state index contributed by atoms with van der Waals surface area (Å²) in [7, 11) is 1.64. The van der Waals surface area contributed by atoms with E-state index in [0.29, 0.717) is 68.4 Å². The van der Waals surface area contributed by atoms with Gasteiger partial charge in [0.25, 0.3) is 0 Å². The van der Waals surface area contributed by atoms with Gasteiger partial charge in [-0.2, -0.15) is 0 Å². The van der Waals surface area contributed by atoms with Crippen LogP contribution in [0.5, 0.6) is 0 Å². The van der Waals surface area contributed by atoms with E-state index in [1.54, 1.807) is 19.2 Å². The summed E-state index contributed by atoms with van der Waals surface area (Å²) < 4.78 is 31.9. The highest BCUT2D eigenvalue weighted by atomic mass is 19.1. The average Bonchev–Trinajstić information content (AvgIpc) is 2.99.